The van der Waals surface area contributed by atoms with E-state index in [1.165, 1.54) is 10.6 Å². The molecule has 5 heteroatoms. The van der Waals surface area contributed by atoms with E-state index in [4.69, 9.17) is 11.6 Å². The third-order valence-corrected chi connectivity index (χ3v) is 4.43. The summed E-state index contributed by atoms with van der Waals surface area (Å²) in [5.41, 5.74) is 5.24. The molecule has 0 fully saturated rings. The molecule has 0 saturated carbocycles. The van der Waals surface area contributed by atoms with Gasteiger partial charge >= 0.3 is 0 Å². The van der Waals surface area contributed by atoms with Gasteiger partial charge in [-0.1, -0.05) is 54.1 Å². The number of benzene rings is 2. The Morgan fingerprint density at radius 3 is 2.52 bits per heavy atom. The van der Waals surface area contributed by atoms with Crippen molar-refractivity contribution in [2.75, 3.05) is 0 Å². The minimum atomic E-state index is -0.114. The van der Waals surface area contributed by atoms with Gasteiger partial charge < -0.3 is 0 Å². The van der Waals surface area contributed by atoms with Crippen LogP contribution in [0.25, 0.3) is 16.8 Å². The molecule has 25 heavy (non-hydrogen) atoms. The molecular weight excluding hydrogens is 334 g/mol. The molecule has 2 aromatic heterocycles. The fraction of sp³-hybridized carbons (Fsp3) is 0.100. The monoisotopic (exact) mass is 349 g/mol. The lowest BCUT2D eigenvalue weighted by Gasteiger charge is -2.05. The van der Waals surface area contributed by atoms with Crippen molar-refractivity contribution in [1.82, 2.24) is 14.6 Å². The largest absolute Gasteiger partial charge is 0.293 e. The van der Waals surface area contributed by atoms with E-state index in [0.29, 0.717) is 22.8 Å². The van der Waals surface area contributed by atoms with Gasteiger partial charge in [-0.15, -0.1) is 0 Å². The molecule has 0 radical (unpaired) electrons. The Morgan fingerprint density at radius 2 is 1.80 bits per heavy atom. The smallest absolute Gasteiger partial charge is 0.272 e. The SMILES string of the molecule is Cc1cc(=O)n2[nH]c(Cc3ccccc3)c(-c3ccc(Cl)cc3)c2n1. The van der Waals surface area contributed by atoms with Gasteiger partial charge in [0.2, 0.25) is 0 Å². The molecule has 0 atom stereocenters. The van der Waals surface area contributed by atoms with Crippen LogP contribution in [0.2, 0.25) is 5.02 Å². The Balaban J connectivity index is 1.97. The summed E-state index contributed by atoms with van der Waals surface area (Å²) in [5, 5.41) is 3.91. The zero-order valence-corrected chi connectivity index (χ0v) is 14.4. The number of hydrogen-bond donors (Lipinski definition) is 1. The number of rotatable bonds is 3. The van der Waals surface area contributed by atoms with Crippen LogP contribution in [0.3, 0.4) is 0 Å². The molecule has 4 nitrogen and oxygen atoms in total. The van der Waals surface area contributed by atoms with E-state index in [1.807, 2.05) is 49.4 Å². The molecule has 4 rings (SSSR count). The number of nitrogens with zero attached hydrogens (tertiary/aromatic N) is 2. The number of aryl methyl sites for hydroxylation is 1. The maximum absolute atomic E-state index is 12.4. The molecule has 0 unspecified atom stereocenters. The molecule has 124 valence electrons. The van der Waals surface area contributed by atoms with E-state index in [-0.39, 0.29) is 5.56 Å². The van der Waals surface area contributed by atoms with Gasteiger partial charge in [-0.2, -0.15) is 0 Å². The maximum atomic E-state index is 12.4. The molecule has 2 heterocycles. The summed E-state index contributed by atoms with van der Waals surface area (Å²) in [6, 6.07) is 19.3. The first-order chi connectivity index (χ1) is 12.1. The third kappa shape index (κ3) is 2.96. The number of fused-ring (bicyclic) bond motifs is 1. The van der Waals surface area contributed by atoms with Crippen LogP contribution in [0.5, 0.6) is 0 Å². The maximum Gasteiger partial charge on any atom is 0.272 e. The average Bonchev–Trinajstić information content (AvgIpc) is 2.95. The van der Waals surface area contributed by atoms with Crippen LogP contribution < -0.4 is 5.56 Å². The summed E-state index contributed by atoms with van der Waals surface area (Å²) < 4.78 is 1.51. The van der Waals surface area contributed by atoms with Crippen LogP contribution in [-0.2, 0) is 6.42 Å². The van der Waals surface area contributed by atoms with E-state index in [1.54, 1.807) is 0 Å². The quantitative estimate of drug-likeness (QED) is 0.601. The first kappa shape index (κ1) is 15.7. The molecular formula is C20H16ClN3O. The van der Waals surface area contributed by atoms with Crippen LogP contribution in [0.4, 0.5) is 0 Å². The normalized spacial score (nSPS) is 11.1. The highest BCUT2D eigenvalue weighted by Crippen LogP contribution is 2.29. The van der Waals surface area contributed by atoms with E-state index in [0.717, 1.165) is 22.4 Å². The van der Waals surface area contributed by atoms with Gasteiger partial charge in [-0.05, 0) is 30.2 Å². The third-order valence-electron chi connectivity index (χ3n) is 4.18. The minimum absolute atomic E-state index is 0.114. The summed E-state index contributed by atoms with van der Waals surface area (Å²) in [5.74, 6) is 0. The van der Waals surface area contributed by atoms with E-state index in [2.05, 4.69) is 22.2 Å². The van der Waals surface area contributed by atoms with Gasteiger partial charge in [0.1, 0.15) is 0 Å². The highest BCUT2D eigenvalue weighted by molar-refractivity contribution is 6.30. The Hall–Kier alpha value is -2.85. The van der Waals surface area contributed by atoms with Crippen LogP contribution in [0.15, 0.2) is 65.5 Å². The standard InChI is InChI=1S/C20H16ClN3O/c1-13-11-18(25)24-20(22-13)19(15-7-9-16(21)10-8-15)17(23-24)12-14-5-3-2-4-6-14/h2-11,23H,12H2,1H3. The van der Waals surface area contributed by atoms with Gasteiger partial charge in [0.15, 0.2) is 5.65 Å². The molecule has 0 amide bonds. The van der Waals surface area contributed by atoms with Crippen molar-refractivity contribution in [3.05, 3.63) is 93.0 Å². The summed E-state index contributed by atoms with van der Waals surface area (Å²) in [7, 11) is 0. The lowest BCUT2D eigenvalue weighted by atomic mass is 10.0. The van der Waals surface area contributed by atoms with E-state index < -0.39 is 0 Å². The second-order valence-corrected chi connectivity index (χ2v) is 6.47. The highest BCUT2D eigenvalue weighted by atomic mass is 35.5. The summed E-state index contributed by atoms with van der Waals surface area (Å²) >= 11 is 6.03. The van der Waals surface area contributed by atoms with Crippen molar-refractivity contribution in [1.29, 1.82) is 0 Å². The Morgan fingerprint density at radius 1 is 1.08 bits per heavy atom. The predicted octanol–water partition coefficient (Wildman–Crippen LogP) is 4.24. The molecule has 0 aliphatic rings. The molecule has 0 aliphatic carbocycles. The zero-order chi connectivity index (χ0) is 17.4. The molecule has 0 saturated heterocycles. The van der Waals surface area contributed by atoms with Crippen molar-refractivity contribution in [2.24, 2.45) is 0 Å². The Bertz CT molecular complexity index is 1100. The molecule has 4 aromatic rings. The van der Waals surface area contributed by atoms with Crippen LogP contribution in [-0.4, -0.2) is 14.6 Å². The van der Waals surface area contributed by atoms with Crippen molar-refractivity contribution >= 4 is 17.2 Å². The van der Waals surface area contributed by atoms with Gasteiger partial charge in [-0.25, -0.2) is 9.50 Å². The first-order valence-electron chi connectivity index (χ1n) is 8.03. The van der Waals surface area contributed by atoms with Crippen LogP contribution in [0, 0.1) is 6.92 Å². The lowest BCUT2D eigenvalue weighted by Crippen LogP contribution is -2.14. The Labute approximate surface area is 149 Å². The number of halogens is 1. The van der Waals surface area contributed by atoms with Gasteiger partial charge in [0.05, 0.1) is 0 Å². The number of hydrogen-bond acceptors (Lipinski definition) is 2. The first-order valence-corrected chi connectivity index (χ1v) is 8.41. The summed E-state index contributed by atoms with van der Waals surface area (Å²) in [6.07, 6.45) is 0.681. The fourth-order valence-corrected chi connectivity index (χ4v) is 3.17. The fourth-order valence-electron chi connectivity index (χ4n) is 3.05. The predicted molar refractivity (Wildman–Crippen MR) is 100 cm³/mol. The second kappa shape index (κ2) is 6.22. The number of aromatic nitrogens is 3. The lowest BCUT2D eigenvalue weighted by molar-refractivity contribution is 0.859. The molecule has 0 bridgehead atoms. The number of aromatic amines is 1. The van der Waals surface area contributed by atoms with Gasteiger partial charge in [0, 0.05) is 34.5 Å². The minimum Gasteiger partial charge on any atom is -0.293 e. The van der Waals surface area contributed by atoms with Gasteiger partial charge in [0.25, 0.3) is 5.56 Å². The molecule has 1 N–H and O–H groups in total. The number of nitrogens with one attached hydrogen (secondary N) is 1. The van der Waals surface area contributed by atoms with Gasteiger partial charge in [-0.3, -0.25) is 9.89 Å². The van der Waals surface area contributed by atoms with Crippen molar-refractivity contribution in [3.63, 3.8) is 0 Å². The van der Waals surface area contributed by atoms with E-state index >= 15 is 0 Å². The van der Waals surface area contributed by atoms with Crippen LogP contribution in [0.1, 0.15) is 17.0 Å². The van der Waals surface area contributed by atoms with Crippen molar-refractivity contribution < 1.29 is 0 Å². The van der Waals surface area contributed by atoms with Crippen molar-refractivity contribution in [2.45, 2.75) is 13.3 Å². The van der Waals surface area contributed by atoms with Crippen LogP contribution >= 0.6 is 11.6 Å². The van der Waals surface area contributed by atoms with Crippen molar-refractivity contribution in [3.8, 4) is 11.1 Å². The number of H-pyrrole nitrogens is 1. The second-order valence-electron chi connectivity index (χ2n) is 6.03. The zero-order valence-electron chi connectivity index (χ0n) is 13.7. The van der Waals surface area contributed by atoms with E-state index in [9.17, 15) is 4.79 Å². The summed E-state index contributed by atoms with van der Waals surface area (Å²) in [6.45, 7) is 1.83. The molecule has 2 aromatic carbocycles. The highest BCUT2D eigenvalue weighted by Gasteiger charge is 2.17. The average molecular weight is 350 g/mol. The Kier molecular flexibility index (Phi) is 3.90. The molecule has 0 aliphatic heterocycles. The summed E-state index contributed by atoms with van der Waals surface area (Å²) in [4.78, 5) is 17.0. The molecule has 0 spiro atoms. The topological polar surface area (TPSA) is 50.2 Å².